The third-order valence-electron chi connectivity index (χ3n) is 3.98. The van der Waals surface area contributed by atoms with E-state index in [-0.39, 0.29) is 5.91 Å². The molecule has 4 heteroatoms. The first-order chi connectivity index (χ1) is 10.7. The van der Waals surface area contributed by atoms with Crippen LogP contribution in [0.1, 0.15) is 50.8 Å². The quantitative estimate of drug-likeness (QED) is 0.747. The molecular weight excluding hydrogens is 274 g/mol. The predicted octanol–water partition coefficient (Wildman–Crippen LogP) is 3.61. The number of pyridine rings is 1. The van der Waals surface area contributed by atoms with Gasteiger partial charge in [0, 0.05) is 25.5 Å². The van der Waals surface area contributed by atoms with Crippen LogP contribution in [0.4, 0.5) is 0 Å². The summed E-state index contributed by atoms with van der Waals surface area (Å²) in [4.78, 5) is 19.2. The molecule has 0 fully saturated rings. The average molecular weight is 301 g/mol. The van der Waals surface area contributed by atoms with E-state index in [1.54, 1.807) is 0 Å². The Kier molecular flexibility index (Phi) is 5.99. The van der Waals surface area contributed by atoms with Crippen LogP contribution < -0.4 is 0 Å². The fraction of sp³-hybridized carbons (Fsp3) is 0.556. The number of aromatic nitrogens is 2. The number of hydrogen-bond donors (Lipinski definition) is 0. The van der Waals surface area contributed by atoms with Gasteiger partial charge in [-0.25, -0.2) is 4.98 Å². The first-order valence-electron chi connectivity index (χ1n) is 8.36. The highest BCUT2D eigenvalue weighted by atomic mass is 16.2. The number of imidazole rings is 1. The van der Waals surface area contributed by atoms with Crippen LogP contribution in [-0.4, -0.2) is 33.3 Å². The van der Waals surface area contributed by atoms with Crippen molar-refractivity contribution in [1.82, 2.24) is 14.3 Å². The van der Waals surface area contributed by atoms with E-state index < -0.39 is 0 Å². The number of unbranched alkanes of at least 4 members (excludes halogenated alkanes) is 2. The second kappa shape index (κ2) is 7.97. The Morgan fingerprint density at radius 1 is 1.23 bits per heavy atom. The summed E-state index contributed by atoms with van der Waals surface area (Å²) in [5.41, 5.74) is 2.94. The van der Waals surface area contributed by atoms with E-state index in [2.05, 4.69) is 18.8 Å². The Labute approximate surface area is 133 Å². The minimum atomic E-state index is 0.197. The molecule has 0 radical (unpaired) electrons. The van der Waals surface area contributed by atoms with E-state index in [1.807, 2.05) is 40.8 Å². The summed E-state index contributed by atoms with van der Waals surface area (Å²) in [5, 5.41) is 0. The van der Waals surface area contributed by atoms with Crippen LogP contribution in [0, 0.1) is 6.92 Å². The van der Waals surface area contributed by atoms with Gasteiger partial charge >= 0.3 is 0 Å². The molecule has 2 aromatic rings. The lowest BCUT2D eigenvalue weighted by Gasteiger charge is -2.22. The van der Waals surface area contributed by atoms with Crippen LogP contribution in [0.2, 0.25) is 0 Å². The van der Waals surface area contributed by atoms with Gasteiger partial charge in [-0.2, -0.15) is 0 Å². The highest BCUT2D eigenvalue weighted by molar-refractivity contribution is 5.78. The number of nitrogens with zero attached hydrogens (tertiary/aromatic N) is 3. The van der Waals surface area contributed by atoms with E-state index in [0.717, 1.165) is 55.7 Å². The van der Waals surface area contributed by atoms with Gasteiger partial charge in [0.1, 0.15) is 5.65 Å². The van der Waals surface area contributed by atoms with Crippen molar-refractivity contribution in [3.8, 4) is 0 Å². The molecule has 2 aromatic heterocycles. The zero-order valence-electron chi connectivity index (χ0n) is 14.0. The van der Waals surface area contributed by atoms with Gasteiger partial charge in [-0.3, -0.25) is 4.79 Å². The van der Waals surface area contributed by atoms with Gasteiger partial charge in [0.05, 0.1) is 12.1 Å². The molecule has 0 saturated heterocycles. The van der Waals surface area contributed by atoms with Crippen LogP contribution in [-0.2, 0) is 11.2 Å². The molecule has 0 aliphatic rings. The Bertz CT molecular complexity index is 610. The molecule has 0 aliphatic heterocycles. The highest BCUT2D eigenvalue weighted by Gasteiger charge is 2.15. The summed E-state index contributed by atoms with van der Waals surface area (Å²) in [6, 6.07) is 4.05. The molecule has 0 aromatic carbocycles. The van der Waals surface area contributed by atoms with Crippen LogP contribution in [0.25, 0.3) is 5.65 Å². The van der Waals surface area contributed by atoms with Crippen molar-refractivity contribution < 1.29 is 4.79 Å². The lowest BCUT2D eigenvalue weighted by Crippen LogP contribution is -2.34. The van der Waals surface area contributed by atoms with Gasteiger partial charge in [0.2, 0.25) is 5.91 Å². The predicted molar refractivity (Wildman–Crippen MR) is 90.0 cm³/mol. The molecule has 0 saturated carbocycles. The smallest absolute Gasteiger partial charge is 0.228 e. The third kappa shape index (κ3) is 4.09. The maximum Gasteiger partial charge on any atom is 0.228 e. The molecule has 2 rings (SSSR count). The standard InChI is InChI=1S/C18H27N3O/c1-4-6-10-20(11-7-5-2)17(22)13-16-14-21-12-8-9-15(3)18(21)19-16/h8-9,12,14H,4-7,10-11,13H2,1-3H3. The van der Waals surface area contributed by atoms with E-state index >= 15 is 0 Å². The molecule has 4 nitrogen and oxygen atoms in total. The van der Waals surface area contributed by atoms with Gasteiger partial charge in [0.15, 0.2) is 0 Å². The van der Waals surface area contributed by atoms with Crippen molar-refractivity contribution in [1.29, 1.82) is 0 Å². The number of fused-ring (bicyclic) bond motifs is 1. The van der Waals surface area contributed by atoms with Gasteiger partial charge in [-0.15, -0.1) is 0 Å². The van der Waals surface area contributed by atoms with Crippen molar-refractivity contribution in [2.24, 2.45) is 0 Å². The molecule has 1 amide bonds. The fourth-order valence-corrected chi connectivity index (χ4v) is 2.62. The van der Waals surface area contributed by atoms with Crippen molar-refractivity contribution >= 4 is 11.6 Å². The summed E-state index contributed by atoms with van der Waals surface area (Å²) < 4.78 is 2.00. The second-order valence-corrected chi connectivity index (χ2v) is 5.92. The van der Waals surface area contributed by atoms with Gasteiger partial charge < -0.3 is 9.30 Å². The number of rotatable bonds is 8. The van der Waals surface area contributed by atoms with Crippen LogP contribution in [0.5, 0.6) is 0 Å². The molecule has 0 bridgehead atoms. The van der Waals surface area contributed by atoms with Crippen LogP contribution in [0.15, 0.2) is 24.5 Å². The van der Waals surface area contributed by atoms with E-state index in [1.165, 1.54) is 0 Å². The molecule has 0 atom stereocenters. The average Bonchev–Trinajstić information content (AvgIpc) is 2.91. The zero-order chi connectivity index (χ0) is 15.9. The first kappa shape index (κ1) is 16.5. The third-order valence-corrected chi connectivity index (χ3v) is 3.98. The largest absolute Gasteiger partial charge is 0.342 e. The van der Waals surface area contributed by atoms with Crippen molar-refractivity contribution in [2.45, 2.75) is 52.9 Å². The lowest BCUT2D eigenvalue weighted by atomic mass is 10.2. The molecule has 0 N–H and O–H groups in total. The lowest BCUT2D eigenvalue weighted by molar-refractivity contribution is -0.130. The maximum absolute atomic E-state index is 12.6. The minimum absolute atomic E-state index is 0.197. The second-order valence-electron chi connectivity index (χ2n) is 5.92. The maximum atomic E-state index is 12.6. The molecule has 120 valence electrons. The van der Waals surface area contributed by atoms with Crippen molar-refractivity contribution in [3.05, 3.63) is 35.8 Å². The number of amides is 1. The highest BCUT2D eigenvalue weighted by Crippen LogP contribution is 2.11. The van der Waals surface area contributed by atoms with Gasteiger partial charge in [0.25, 0.3) is 0 Å². The number of aryl methyl sites for hydroxylation is 1. The van der Waals surface area contributed by atoms with Crippen molar-refractivity contribution in [2.75, 3.05) is 13.1 Å². The Morgan fingerprint density at radius 3 is 2.50 bits per heavy atom. The number of carbonyl (C=O) groups is 1. The van der Waals surface area contributed by atoms with E-state index in [0.29, 0.717) is 6.42 Å². The van der Waals surface area contributed by atoms with E-state index in [9.17, 15) is 4.79 Å². The van der Waals surface area contributed by atoms with Gasteiger partial charge in [-0.05, 0) is 31.4 Å². The Hall–Kier alpha value is -1.84. The fourth-order valence-electron chi connectivity index (χ4n) is 2.62. The summed E-state index contributed by atoms with van der Waals surface area (Å²) in [6.07, 6.45) is 8.72. The van der Waals surface area contributed by atoms with Crippen LogP contribution in [0.3, 0.4) is 0 Å². The SMILES string of the molecule is CCCCN(CCCC)C(=O)Cc1cn2cccc(C)c2n1. The number of hydrogen-bond acceptors (Lipinski definition) is 2. The van der Waals surface area contributed by atoms with E-state index in [4.69, 9.17) is 0 Å². The minimum Gasteiger partial charge on any atom is -0.342 e. The Morgan fingerprint density at radius 2 is 1.91 bits per heavy atom. The topological polar surface area (TPSA) is 37.6 Å². The first-order valence-corrected chi connectivity index (χ1v) is 8.36. The Balaban J connectivity index is 2.07. The van der Waals surface area contributed by atoms with Crippen molar-refractivity contribution in [3.63, 3.8) is 0 Å². The summed E-state index contributed by atoms with van der Waals surface area (Å²) in [5.74, 6) is 0.197. The zero-order valence-corrected chi connectivity index (χ0v) is 14.0. The molecule has 2 heterocycles. The summed E-state index contributed by atoms with van der Waals surface area (Å²) >= 11 is 0. The van der Waals surface area contributed by atoms with Gasteiger partial charge in [-0.1, -0.05) is 32.8 Å². The molecule has 0 unspecified atom stereocenters. The molecular formula is C18H27N3O. The summed E-state index contributed by atoms with van der Waals surface area (Å²) in [6.45, 7) is 8.09. The number of carbonyl (C=O) groups excluding carboxylic acids is 1. The molecule has 0 aliphatic carbocycles. The summed E-state index contributed by atoms with van der Waals surface area (Å²) in [7, 11) is 0. The molecule has 0 spiro atoms. The molecule has 22 heavy (non-hydrogen) atoms. The monoisotopic (exact) mass is 301 g/mol. The van der Waals surface area contributed by atoms with Crippen LogP contribution >= 0.6 is 0 Å². The normalized spacial score (nSPS) is 11.0.